The molecule has 1 heterocycles. The molecule has 0 aromatic rings. The number of aliphatic hydroxyl groups excluding tert-OH is 1. The van der Waals surface area contributed by atoms with Crippen LogP contribution in [-0.2, 0) is 14.3 Å². The zero-order valence-electron chi connectivity index (χ0n) is 7.86. The monoisotopic (exact) mass is 214 g/mol. The van der Waals surface area contributed by atoms with Gasteiger partial charge in [-0.2, -0.15) is 0 Å². The zero-order valence-corrected chi connectivity index (χ0v) is 8.68. The van der Waals surface area contributed by atoms with Crippen molar-refractivity contribution < 1.29 is 19.4 Å². The molecule has 1 rings (SSSR count). The molecule has 0 aliphatic carbocycles. The van der Waals surface area contributed by atoms with Crippen LogP contribution >= 0.6 is 11.8 Å². The summed E-state index contributed by atoms with van der Waals surface area (Å²) in [5.74, 6) is -0.789. The first-order valence-corrected chi connectivity index (χ1v) is 4.88. The molecule has 4 nitrogen and oxygen atoms in total. The number of hydrogen-bond donors (Lipinski definition) is 1. The molecule has 0 spiro atoms. The molecule has 76 valence electrons. The Morgan fingerprint density at radius 2 is 2.29 bits per heavy atom. The molecule has 1 aliphatic heterocycles. The van der Waals surface area contributed by atoms with Crippen molar-refractivity contribution in [2.24, 2.45) is 0 Å². The Morgan fingerprint density at radius 3 is 2.71 bits per heavy atom. The van der Waals surface area contributed by atoms with Gasteiger partial charge in [0.05, 0.1) is 6.61 Å². The second kappa shape index (κ2) is 4.32. The van der Waals surface area contributed by atoms with Crippen LogP contribution in [-0.4, -0.2) is 22.8 Å². The number of hydrogen-bond acceptors (Lipinski definition) is 5. The summed E-state index contributed by atoms with van der Waals surface area (Å²) in [4.78, 5) is 22.5. The number of carbonyl (C=O) groups excluding carboxylic acids is 2. The summed E-state index contributed by atoms with van der Waals surface area (Å²) in [7, 11) is 0. The van der Waals surface area contributed by atoms with Crippen LogP contribution in [0.2, 0.25) is 0 Å². The molecule has 0 atom stereocenters. The first kappa shape index (κ1) is 10.8. The fraction of sp³-hybridized carbons (Fsp3) is 0.333. The van der Waals surface area contributed by atoms with Crippen LogP contribution in [0.5, 0.6) is 0 Å². The van der Waals surface area contributed by atoms with Gasteiger partial charge in [-0.3, -0.25) is 4.79 Å². The lowest BCUT2D eigenvalue weighted by molar-refractivity contribution is -0.137. The van der Waals surface area contributed by atoms with E-state index in [9.17, 15) is 14.7 Å². The predicted molar refractivity (Wildman–Crippen MR) is 52.6 cm³/mol. The van der Waals surface area contributed by atoms with E-state index in [-0.39, 0.29) is 12.4 Å². The molecule has 0 amide bonds. The van der Waals surface area contributed by atoms with Gasteiger partial charge in [-0.15, -0.1) is 0 Å². The highest BCUT2D eigenvalue weighted by atomic mass is 32.2. The maximum atomic E-state index is 11.0. The molecule has 0 bridgehead atoms. The molecule has 1 N–H and O–H groups in total. The van der Waals surface area contributed by atoms with Gasteiger partial charge in [0.1, 0.15) is 0 Å². The Hall–Kier alpha value is -1.23. The Bertz CT molecular complexity index is 341. The fourth-order valence-electron chi connectivity index (χ4n) is 0.923. The Morgan fingerprint density at radius 1 is 1.64 bits per heavy atom. The molecular formula is C9H10O4S. The molecule has 0 aromatic carbocycles. The molecule has 0 radical (unpaired) electrons. The second-order valence-electron chi connectivity index (χ2n) is 2.62. The van der Waals surface area contributed by atoms with Crippen molar-refractivity contribution in [1.29, 1.82) is 0 Å². The summed E-state index contributed by atoms with van der Waals surface area (Å²) in [5, 5.41) is 8.76. The third kappa shape index (κ3) is 2.17. The number of allylic oxidation sites excluding steroid dienone is 1. The first-order valence-electron chi connectivity index (χ1n) is 4.07. The van der Waals surface area contributed by atoms with Gasteiger partial charge in [-0.25, -0.2) is 4.79 Å². The van der Waals surface area contributed by atoms with E-state index < -0.39 is 11.1 Å². The van der Waals surface area contributed by atoms with Crippen molar-refractivity contribution in [3.05, 3.63) is 22.3 Å². The van der Waals surface area contributed by atoms with Gasteiger partial charge in [-0.1, -0.05) is 0 Å². The third-order valence-electron chi connectivity index (χ3n) is 1.66. The van der Waals surface area contributed by atoms with Crippen LogP contribution in [0.3, 0.4) is 0 Å². The highest BCUT2D eigenvalue weighted by molar-refractivity contribution is 8.18. The van der Waals surface area contributed by atoms with E-state index in [4.69, 9.17) is 0 Å². The summed E-state index contributed by atoms with van der Waals surface area (Å²) >= 11 is 0.833. The lowest BCUT2D eigenvalue weighted by atomic mass is 10.2. The van der Waals surface area contributed by atoms with Crippen LogP contribution in [0.4, 0.5) is 0 Å². The molecule has 0 unspecified atom stereocenters. The minimum atomic E-state index is -0.503. The van der Waals surface area contributed by atoms with Crippen molar-refractivity contribution in [3.63, 3.8) is 0 Å². The molecule has 5 heteroatoms. The molecule has 0 saturated carbocycles. The lowest BCUT2D eigenvalue weighted by Gasteiger charge is -1.97. The largest absolute Gasteiger partial charge is 0.504 e. The quantitative estimate of drug-likeness (QED) is 0.558. The van der Waals surface area contributed by atoms with Crippen LogP contribution in [0, 0.1) is 0 Å². The minimum Gasteiger partial charge on any atom is -0.504 e. The topological polar surface area (TPSA) is 63.6 Å². The van der Waals surface area contributed by atoms with E-state index in [0.717, 1.165) is 11.8 Å². The van der Waals surface area contributed by atoms with Gasteiger partial charge in [0, 0.05) is 16.6 Å². The van der Waals surface area contributed by atoms with Crippen LogP contribution in [0.15, 0.2) is 22.3 Å². The van der Waals surface area contributed by atoms with E-state index in [2.05, 4.69) is 4.74 Å². The first-order chi connectivity index (χ1) is 6.56. The standard InChI is InChI=1S/C9H10O4S/c1-3-13-7(10)4-6-5(2)8(11)9(12)14-6/h4,11H,3H2,1-2H3/b6-4-. The van der Waals surface area contributed by atoms with Gasteiger partial charge < -0.3 is 9.84 Å². The maximum absolute atomic E-state index is 11.0. The van der Waals surface area contributed by atoms with Crippen molar-refractivity contribution >= 4 is 22.8 Å². The number of carbonyl (C=O) groups is 2. The maximum Gasteiger partial charge on any atom is 0.331 e. The van der Waals surface area contributed by atoms with Crippen molar-refractivity contribution in [2.75, 3.05) is 6.61 Å². The molecule has 0 aromatic heterocycles. The molecular weight excluding hydrogens is 204 g/mol. The van der Waals surface area contributed by atoms with Crippen molar-refractivity contribution in [3.8, 4) is 0 Å². The number of aliphatic hydroxyl groups is 1. The Labute approximate surface area is 85.6 Å². The molecule has 0 fully saturated rings. The summed E-state index contributed by atoms with van der Waals surface area (Å²) < 4.78 is 4.68. The summed E-state index contributed by atoms with van der Waals surface area (Å²) in [6, 6.07) is 0. The normalized spacial score (nSPS) is 19.3. The van der Waals surface area contributed by atoms with Gasteiger partial charge in [-0.05, 0) is 25.6 Å². The molecule has 14 heavy (non-hydrogen) atoms. The Kier molecular flexibility index (Phi) is 3.35. The number of ether oxygens (including phenoxy) is 1. The van der Waals surface area contributed by atoms with E-state index in [1.165, 1.54) is 6.08 Å². The van der Waals surface area contributed by atoms with Gasteiger partial charge in [0.25, 0.3) is 5.12 Å². The Balaban J connectivity index is 2.82. The van der Waals surface area contributed by atoms with E-state index in [0.29, 0.717) is 10.5 Å². The fourth-order valence-corrected chi connectivity index (χ4v) is 1.78. The summed E-state index contributed by atoms with van der Waals surface area (Å²) in [6.07, 6.45) is 1.21. The zero-order chi connectivity index (χ0) is 10.7. The van der Waals surface area contributed by atoms with Gasteiger partial charge in [0.15, 0.2) is 5.76 Å². The highest BCUT2D eigenvalue weighted by Gasteiger charge is 2.25. The van der Waals surface area contributed by atoms with Gasteiger partial charge in [0.2, 0.25) is 0 Å². The number of rotatable bonds is 2. The van der Waals surface area contributed by atoms with E-state index >= 15 is 0 Å². The molecule has 1 aliphatic rings. The van der Waals surface area contributed by atoms with E-state index in [1.807, 2.05) is 0 Å². The number of esters is 1. The third-order valence-corrected chi connectivity index (χ3v) is 2.68. The summed E-state index contributed by atoms with van der Waals surface area (Å²) in [6.45, 7) is 3.57. The lowest BCUT2D eigenvalue weighted by Crippen LogP contribution is -2.00. The van der Waals surface area contributed by atoms with Crippen LogP contribution < -0.4 is 0 Å². The highest BCUT2D eigenvalue weighted by Crippen LogP contribution is 2.35. The average molecular weight is 214 g/mol. The molecule has 0 saturated heterocycles. The second-order valence-corrected chi connectivity index (χ2v) is 3.64. The average Bonchev–Trinajstić information content (AvgIpc) is 2.34. The van der Waals surface area contributed by atoms with Gasteiger partial charge >= 0.3 is 5.97 Å². The SMILES string of the molecule is CCOC(=O)/C=C1\SC(=O)C(O)=C1C. The summed E-state index contributed by atoms with van der Waals surface area (Å²) in [5.41, 5.74) is 0.424. The van der Waals surface area contributed by atoms with Crippen LogP contribution in [0.1, 0.15) is 13.8 Å². The van der Waals surface area contributed by atoms with Crippen molar-refractivity contribution in [1.82, 2.24) is 0 Å². The predicted octanol–water partition coefficient (Wildman–Crippen LogP) is 1.54. The van der Waals surface area contributed by atoms with E-state index in [1.54, 1.807) is 13.8 Å². The minimum absolute atomic E-state index is 0.287. The van der Waals surface area contributed by atoms with Crippen LogP contribution in [0.25, 0.3) is 0 Å². The smallest absolute Gasteiger partial charge is 0.331 e. The number of thioether (sulfide) groups is 1. The van der Waals surface area contributed by atoms with Crippen molar-refractivity contribution in [2.45, 2.75) is 13.8 Å².